The highest BCUT2D eigenvalue weighted by Crippen LogP contribution is 2.26. The molecule has 1 fully saturated rings. The number of aliphatic hydroxyl groups is 1. The largest absolute Gasteiger partial charge is 0.388 e. The lowest BCUT2D eigenvalue weighted by atomic mass is 10.0. The average Bonchev–Trinajstić information content (AvgIpc) is 2.67. The van der Waals surface area contributed by atoms with Gasteiger partial charge in [0.2, 0.25) is 5.91 Å². The van der Waals surface area contributed by atoms with Crippen LogP contribution in [0, 0.1) is 0 Å². The average molecular weight is 231 g/mol. The molecule has 1 amide bonds. The van der Waals surface area contributed by atoms with E-state index in [0.29, 0.717) is 6.54 Å². The van der Waals surface area contributed by atoms with Crippen molar-refractivity contribution in [2.75, 3.05) is 12.3 Å². The normalized spacial score (nSPS) is 24.9. The molecule has 0 aromatic heterocycles. The zero-order valence-corrected chi connectivity index (χ0v) is 10.4. The Labute approximate surface area is 96.0 Å². The summed E-state index contributed by atoms with van der Waals surface area (Å²) in [7, 11) is 0. The van der Waals surface area contributed by atoms with Gasteiger partial charge in [-0.2, -0.15) is 0 Å². The first-order valence-corrected chi connectivity index (χ1v) is 6.72. The Balaban J connectivity index is 2.26. The molecule has 1 rings (SSSR count). The molecule has 15 heavy (non-hydrogen) atoms. The molecule has 88 valence electrons. The first-order chi connectivity index (χ1) is 7.05. The molecule has 0 saturated carbocycles. The van der Waals surface area contributed by atoms with Crippen LogP contribution in [0.1, 0.15) is 39.5 Å². The van der Waals surface area contributed by atoms with Crippen LogP contribution in [-0.4, -0.2) is 34.2 Å². The molecule has 3 nitrogen and oxygen atoms in total. The SMILES string of the molecule is CCCC(C)(O)CNC(=O)C1CCCS1. The summed E-state index contributed by atoms with van der Waals surface area (Å²) >= 11 is 1.72. The van der Waals surface area contributed by atoms with Gasteiger partial charge in [0, 0.05) is 6.54 Å². The molecule has 1 aliphatic heterocycles. The van der Waals surface area contributed by atoms with Crippen molar-refractivity contribution in [2.24, 2.45) is 0 Å². The highest BCUT2D eigenvalue weighted by Gasteiger charge is 2.26. The fourth-order valence-corrected chi connectivity index (χ4v) is 2.99. The van der Waals surface area contributed by atoms with Crippen LogP contribution in [0.15, 0.2) is 0 Å². The molecule has 0 aromatic carbocycles. The summed E-state index contributed by atoms with van der Waals surface area (Å²) in [5.41, 5.74) is -0.756. The van der Waals surface area contributed by atoms with Gasteiger partial charge in [0.05, 0.1) is 10.9 Å². The Kier molecular flexibility index (Phi) is 4.93. The molecule has 1 heterocycles. The lowest BCUT2D eigenvalue weighted by molar-refractivity contribution is -0.121. The molecule has 2 atom stereocenters. The fraction of sp³-hybridized carbons (Fsp3) is 0.909. The molecule has 1 aliphatic rings. The number of carbonyl (C=O) groups excluding carboxylic acids is 1. The standard InChI is InChI=1S/C11H21NO2S/c1-3-6-11(2,14)8-12-10(13)9-5-4-7-15-9/h9,14H,3-8H2,1-2H3,(H,12,13). The second-order valence-corrected chi connectivity index (χ2v) is 5.78. The van der Waals surface area contributed by atoms with Crippen LogP contribution < -0.4 is 5.32 Å². The van der Waals surface area contributed by atoms with Crippen LogP contribution in [0.2, 0.25) is 0 Å². The summed E-state index contributed by atoms with van der Waals surface area (Å²) in [5, 5.41) is 12.8. The van der Waals surface area contributed by atoms with Crippen molar-refractivity contribution in [3.05, 3.63) is 0 Å². The van der Waals surface area contributed by atoms with Crippen LogP contribution >= 0.6 is 11.8 Å². The van der Waals surface area contributed by atoms with Gasteiger partial charge in [-0.15, -0.1) is 11.8 Å². The number of rotatable bonds is 5. The third kappa shape index (κ3) is 4.43. The molecular weight excluding hydrogens is 210 g/mol. The van der Waals surface area contributed by atoms with E-state index in [1.807, 2.05) is 6.92 Å². The van der Waals surface area contributed by atoms with Gasteiger partial charge in [0.1, 0.15) is 0 Å². The van der Waals surface area contributed by atoms with Gasteiger partial charge in [0.25, 0.3) is 0 Å². The van der Waals surface area contributed by atoms with Gasteiger partial charge in [0.15, 0.2) is 0 Å². The molecular formula is C11H21NO2S. The van der Waals surface area contributed by atoms with Crippen molar-refractivity contribution in [1.82, 2.24) is 5.32 Å². The van der Waals surface area contributed by atoms with Crippen LogP contribution in [0.4, 0.5) is 0 Å². The third-order valence-electron chi connectivity index (χ3n) is 2.65. The summed E-state index contributed by atoms with van der Waals surface area (Å²) in [4.78, 5) is 11.7. The zero-order chi connectivity index (χ0) is 11.3. The molecule has 0 spiro atoms. The Bertz CT molecular complexity index is 213. The van der Waals surface area contributed by atoms with Crippen molar-refractivity contribution < 1.29 is 9.90 Å². The highest BCUT2D eigenvalue weighted by atomic mass is 32.2. The minimum absolute atomic E-state index is 0.0916. The number of amides is 1. The Morgan fingerprint density at radius 1 is 1.67 bits per heavy atom. The molecule has 0 aliphatic carbocycles. The van der Waals surface area contributed by atoms with E-state index in [0.717, 1.165) is 31.4 Å². The summed E-state index contributed by atoms with van der Waals surface area (Å²) in [6, 6.07) is 0. The van der Waals surface area contributed by atoms with Crippen molar-refractivity contribution in [1.29, 1.82) is 0 Å². The minimum atomic E-state index is -0.756. The number of carbonyl (C=O) groups is 1. The Morgan fingerprint density at radius 2 is 2.40 bits per heavy atom. The molecule has 4 heteroatoms. The second-order valence-electron chi connectivity index (χ2n) is 4.47. The van der Waals surface area contributed by atoms with Crippen LogP contribution in [-0.2, 0) is 4.79 Å². The number of hydrogen-bond acceptors (Lipinski definition) is 3. The second kappa shape index (κ2) is 5.75. The summed E-state index contributed by atoms with van der Waals surface area (Å²) in [6.45, 7) is 4.18. The van der Waals surface area contributed by atoms with E-state index in [1.54, 1.807) is 18.7 Å². The molecule has 2 unspecified atom stereocenters. The van der Waals surface area contributed by atoms with Crippen LogP contribution in [0.5, 0.6) is 0 Å². The van der Waals surface area contributed by atoms with Gasteiger partial charge in [-0.25, -0.2) is 0 Å². The molecule has 0 bridgehead atoms. The van der Waals surface area contributed by atoms with Crippen molar-refractivity contribution in [3.8, 4) is 0 Å². The van der Waals surface area contributed by atoms with E-state index in [2.05, 4.69) is 5.32 Å². The first-order valence-electron chi connectivity index (χ1n) is 5.67. The van der Waals surface area contributed by atoms with Gasteiger partial charge in [-0.05, 0) is 31.9 Å². The summed E-state index contributed by atoms with van der Waals surface area (Å²) in [5.74, 6) is 1.18. The summed E-state index contributed by atoms with van der Waals surface area (Å²) < 4.78 is 0. The maximum absolute atomic E-state index is 11.7. The number of thioether (sulfide) groups is 1. The van der Waals surface area contributed by atoms with Gasteiger partial charge in [-0.1, -0.05) is 13.3 Å². The fourth-order valence-electron chi connectivity index (χ4n) is 1.80. The highest BCUT2D eigenvalue weighted by molar-refractivity contribution is 8.00. The molecule has 0 aromatic rings. The van der Waals surface area contributed by atoms with Crippen molar-refractivity contribution >= 4 is 17.7 Å². The topological polar surface area (TPSA) is 49.3 Å². The van der Waals surface area contributed by atoms with Crippen LogP contribution in [0.25, 0.3) is 0 Å². The van der Waals surface area contributed by atoms with Gasteiger partial charge < -0.3 is 10.4 Å². The van der Waals surface area contributed by atoms with Crippen molar-refractivity contribution in [3.63, 3.8) is 0 Å². The lowest BCUT2D eigenvalue weighted by Gasteiger charge is -2.23. The Morgan fingerprint density at radius 3 is 2.93 bits per heavy atom. The predicted molar refractivity (Wildman–Crippen MR) is 64.0 cm³/mol. The maximum atomic E-state index is 11.7. The quantitative estimate of drug-likeness (QED) is 0.755. The molecule has 1 saturated heterocycles. The monoisotopic (exact) mass is 231 g/mol. The zero-order valence-electron chi connectivity index (χ0n) is 9.58. The van der Waals surface area contributed by atoms with E-state index in [1.165, 1.54) is 0 Å². The molecule has 0 radical (unpaired) electrons. The van der Waals surface area contributed by atoms with E-state index >= 15 is 0 Å². The number of hydrogen-bond donors (Lipinski definition) is 2. The minimum Gasteiger partial charge on any atom is -0.388 e. The predicted octanol–water partition coefficient (Wildman–Crippen LogP) is 1.55. The molecule has 2 N–H and O–H groups in total. The number of nitrogens with one attached hydrogen (secondary N) is 1. The van der Waals surface area contributed by atoms with E-state index < -0.39 is 5.60 Å². The first kappa shape index (κ1) is 12.8. The van der Waals surface area contributed by atoms with Gasteiger partial charge >= 0.3 is 0 Å². The van der Waals surface area contributed by atoms with E-state index in [4.69, 9.17) is 0 Å². The van der Waals surface area contributed by atoms with Crippen molar-refractivity contribution in [2.45, 2.75) is 50.4 Å². The smallest absolute Gasteiger partial charge is 0.233 e. The lowest BCUT2D eigenvalue weighted by Crippen LogP contribution is -2.43. The Hall–Kier alpha value is -0.220. The van der Waals surface area contributed by atoms with E-state index in [-0.39, 0.29) is 11.2 Å². The maximum Gasteiger partial charge on any atom is 0.233 e. The van der Waals surface area contributed by atoms with Crippen LogP contribution in [0.3, 0.4) is 0 Å². The van der Waals surface area contributed by atoms with E-state index in [9.17, 15) is 9.90 Å². The summed E-state index contributed by atoms with van der Waals surface area (Å²) in [6.07, 6.45) is 3.77. The van der Waals surface area contributed by atoms with Gasteiger partial charge in [-0.3, -0.25) is 4.79 Å². The third-order valence-corrected chi connectivity index (χ3v) is 4.03.